The van der Waals surface area contributed by atoms with Crippen LogP contribution in [0.5, 0.6) is 17.2 Å². The number of rotatable bonds is 8. The van der Waals surface area contributed by atoms with Gasteiger partial charge in [0.1, 0.15) is 0 Å². The molecule has 1 heterocycles. The van der Waals surface area contributed by atoms with Crippen molar-refractivity contribution in [2.75, 3.05) is 39.7 Å². The minimum absolute atomic E-state index is 0.225. The molecule has 0 aliphatic carbocycles. The first-order chi connectivity index (χ1) is 15.8. The van der Waals surface area contributed by atoms with Crippen LogP contribution in [0.25, 0.3) is 6.08 Å². The van der Waals surface area contributed by atoms with E-state index in [-0.39, 0.29) is 10.8 Å². The fraction of sp³-hybridized carbons (Fsp3) is 0.375. The molecule has 8 nitrogen and oxygen atoms in total. The zero-order valence-corrected chi connectivity index (χ0v) is 20.1. The average Bonchev–Trinajstić information content (AvgIpc) is 2.82. The molecule has 0 radical (unpaired) electrons. The highest BCUT2D eigenvalue weighted by Crippen LogP contribution is 2.38. The second-order valence-corrected chi connectivity index (χ2v) is 9.85. The minimum atomic E-state index is -3.53. The van der Waals surface area contributed by atoms with E-state index in [1.165, 1.54) is 43.8 Å². The molecule has 1 N–H and O–H groups in total. The second kappa shape index (κ2) is 10.7. The van der Waals surface area contributed by atoms with E-state index in [2.05, 4.69) is 12.2 Å². The quantitative estimate of drug-likeness (QED) is 0.585. The largest absolute Gasteiger partial charge is 0.493 e. The van der Waals surface area contributed by atoms with Crippen LogP contribution in [0.2, 0.25) is 0 Å². The number of sulfonamides is 1. The molecule has 1 unspecified atom stereocenters. The van der Waals surface area contributed by atoms with Gasteiger partial charge in [-0.1, -0.05) is 6.92 Å². The number of piperidine rings is 1. The summed E-state index contributed by atoms with van der Waals surface area (Å²) in [6.45, 7) is 3.13. The number of hydrogen-bond acceptors (Lipinski definition) is 6. The Morgan fingerprint density at radius 2 is 1.70 bits per heavy atom. The number of nitrogens with zero attached hydrogens (tertiary/aromatic N) is 1. The van der Waals surface area contributed by atoms with Crippen LogP contribution in [-0.2, 0) is 14.8 Å². The van der Waals surface area contributed by atoms with Crippen LogP contribution in [0.4, 0.5) is 5.69 Å². The lowest BCUT2D eigenvalue weighted by atomic mass is 10.0. The van der Waals surface area contributed by atoms with Crippen LogP contribution in [-0.4, -0.2) is 53.0 Å². The number of nitrogens with one attached hydrogen (secondary N) is 1. The molecule has 1 aliphatic rings. The van der Waals surface area contributed by atoms with E-state index in [0.717, 1.165) is 12.8 Å². The summed E-state index contributed by atoms with van der Waals surface area (Å²) < 4.78 is 43.2. The Labute approximate surface area is 195 Å². The molecule has 9 heteroatoms. The topological polar surface area (TPSA) is 94.2 Å². The average molecular weight is 475 g/mol. The summed E-state index contributed by atoms with van der Waals surface area (Å²) in [6.07, 6.45) is 4.91. The van der Waals surface area contributed by atoms with Crippen molar-refractivity contribution < 1.29 is 27.4 Å². The molecule has 1 atom stereocenters. The van der Waals surface area contributed by atoms with E-state index in [9.17, 15) is 13.2 Å². The van der Waals surface area contributed by atoms with Crippen molar-refractivity contribution >= 4 is 27.7 Å². The van der Waals surface area contributed by atoms with Crippen LogP contribution in [0.15, 0.2) is 47.4 Å². The molecular weight excluding hydrogens is 444 g/mol. The van der Waals surface area contributed by atoms with Gasteiger partial charge >= 0.3 is 0 Å². The molecule has 0 saturated carbocycles. The summed E-state index contributed by atoms with van der Waals surface area (Å²) in [5.74, 6) is 1.43. The standard InChI is InChI=1S/C24H30N2O6S/c1-17-6-5-13-26(16-17)33(28,29)20-10-8-19(9-11-20)25-23(27)12-7-18-14-21(30-2)24(32-4)22(15-18)31-3/h7-12,14-15,17H,5-6,13,16H2,1-4H3,(H,25,27)/b12-7+. The van der Waals surface area contributed by atoms with Gasteiger partial charge in [0, 0.05) is 24.9 Å². The molecule has 1 amide bonds. The summed E-state index contributed by atoms with van der Waals surface area (Å²) >= 11 is 0. The van der Waals surface area contributed by atoms with Gasteiger partial charge in [0.2, 0.25) is 21.7 Å². The third-order valence-electron chi connectivity index (χ3n) is 5.49. The summed E-state index contributed by atoms with van der Waals surface area (Å²) in [5.41, 5.74) is 1.19. The Hall–Kier alpha value is -3.04. The highest BCUT2D eigenvalue weighted by atomic mass is 32.2. The van der Waals surface area contributed by atoms with E-state index in [4.69, 9.17) is 14.2 Å². The Balaban J connectivity index is 1.68. The van der Waals surface area contributed by atoms with Crippen molar-refractivity contribution in [3.05, 3.63) is 48.0 Å². The molecule has 2 aromatic rings. The lowest BCUT2D eigenvalue weighted by Crippen LogP contribution is -2.39. The van der Waals surface area contributed by atoms with Crippen LogP contribution >= 0.6 is 0 Å². The van der Waals surface area contributed by atoms with Crippen LogP contribution in [0.3, 0.4) is 0 Å². The predicted molar refractivity (Wildman–Crippen MR) is 127 cm³/mol. The first-order valence-corrected chi connectivity index (χ1v) is 12.1. The number of methoxy groups -OCH3 is 3. The van der Waals surface area contributed by atoms with Crippen molar-refractivity contribution in [1.82, 2.24) is 4.31 Å². The second-order valence-electron chi connectivity index (χ2n) is 7.92. The predicted octanol–water partition coefficient (Wildman–Crippen LogP) is 3.78. The van der Waals surface area contributed by atoms with Crippen molar-refractivity contribution in [1.29, 1.82) is 0 Å². The zero-order chi connectivity index (χ0) is 24.0. The number of carbonyl (C=O) groups excluding carboxylic acids is 1. The van der Waals surface area contributed by atoms with Crippen LogP contribution < -0.4 is 19.5 Å². The van der Waals surface area contributed by atoms with E-state index >= 15 is 0 Å². The molecule has 1 aliphatic heterocycles. The van der Waals surface area contributed by atoms with Crippen molar-refractivity contribution in [3.63, 3.8) is 0 Å². The maximum absolute atomic E-state index is 12.9. The Morgan fingerprint density at radius 1 is 1.06 bits per heavy atom. The van der Waals surface area contributed by atoms with Crippen molar-refractivity contribution in [3.8, 4) is 17.2 Å². The van der Waals surface area contributed by atoms with Gasteiger partial charge in [-0.15, -0.1) is 0 Å². The van der Waals surface area contributed by atoms with Gasteiger partial charge in [0.15, 0.2) is 11.5 Å². The molecule has 1 fully saturated rings. The van der Waals surface area contributed by atoms with Gasteiger partial charge in [-0.25, -0.2) is 8.42 Å². The number of carbonyl (C=O) groups is 1. The number of amides is 1. The normalized spacial score (nSPS) is 17.0. The summed E-state index contributed by atoms with van der Waals surface area (Å²) in [7, 11) is 1.03. The van der Waals surface area contributed by atoms with E-state index < -0.39 is 10.0 Å². The molecule has 178 valence electrons. The van der Waals surface area contributed by atoms with Crippen molar-refractivity contribution in [2.45, 2.75) is 24.7 Å². The van der Waals surface area contributed by atoms with Crippen LogP contribution in [0, 0.1) is 5.92 Å². The van der Waals surface area contributed by atoms with Crippen molar-refractivity contribution in [2.24, 2.45) is 5.92 Å². The van der Waals surface area contributed by atoms with E-state index in [1.807, 2.05) is 0 Å². The summed E-state index contributed by atoms with van der Waals surface area (Å²) in [6, 6.07) is 9.68. The van der Waals surface area contributed by atoms with Gasteiger partial charge in [-0.3, -0.25) is 4.79 Å². The summed E-state index contributed by atoms with van der Waals surface area (Å²) in [4.78, 5) is 12.6. The van der Waals surface area contributed by atoms with Gasteiger partial charge in [0.05, 0.1) is 26.2 Å². The van der Waals surface area contributed by atoms with E-state index in [0.29, 0.717) is 47.5 Å². The first-order valence-electron chi connectivity index (χ1n) is 10.7. The lowest BCUT2D eigenvalue weighted by molar-refractivity contribution is -0.111. The molecule has 2 aromatic carbocycles. The van der Waals surface area contributed by atoms with E-state index in [1.54, 1.807) is 30.3 Å². The van der Waals surface area contributed by atoms with Crippen LogP contribution in [0.1, 0.15) is 25.3 Å². The number of benzene rings is 2. The summed E-state index contributed by atoms with van der Waals surface area (Å²) in [5, 5.41) is 2.74. The Morgan fingerprint density at radius 3 is 2.24 bits per heavy atom. The Bertz CT molecular complexity index is 1090. The SMILES string of the molecule is COc1cc(/C=C/C(=O)Nc2ccc(S(=O)(=O)N3CCCC(C)C3)cc2)cc(OC)c1OC. The zero-order valence-electron chi connectivity index (χ0n) is 19.3. The number of ether oxygens (including phenoxy) is 3. The third kappa shape index (κ3) is 5.85. The third-order valence-corrected chi connectivity index (χ3v) is 7.37. The first kappa shape index (κ1) is 24.6. The monoisotopic (exact) mass is 474 g/mol. The fourth-order valence-electron chi connectivity index (χ4n) is 3.78. The molecule has 0 spiro atoms. The van der Waals surface area contributed by atoms with Gasteiger partial charge < -0.3 is 19.5 Å². The maximum Gasteiger partial charge on any atom is 0.248 e. The van der Waals surface area contributed by atoms with Gasteiger partial charge in [-0.2, -0.15) is 4.31 Å². The smallest absolute Gasteiger partial charge is 0.248 e. The fourth-order valence-corrected chi connectivity index (χ4v) is 5.38. The van der Waals surface area contributed by atoms with Gasteiger partial charge in [0.25, 0.3) is 0 Å². The molecule has 33 heavy (non-hydrogen) atoms. The lowest BCUT2D eigenvalue weighted by Gasteiger charge is -2.30. The number of anilines is 1. The highest BCUT2D eigenvalue weighted by molar-refractivity contribution is 7.89. The Kier molecular flexibility index (Phi) is 7.99. The molecule has 1 saturated heterocycles. The number of hydrogen-bond donors (Lipinski definition) is 1. The molecule has 0 bridgehead atoms. The minimum Gasteiger partial charge on any atom is -0.493 e. The molecule has 0 aromatic heterocycles. The maximum atomic E-state index is 12.9. The van der Waals surface area contributed by atoms with Gasteiger partial charge in [-0.05, 0) is 66.8 Å². The molecule has 3 rings (SSSR count). The molecular formula is C24H30N2O6S. The highest BCUT2D eigenvalue weighted by Gasteiger charge is 2.28.